The summed E-state index contributed by atoms with van der Waals surface area (Å²) in [5.74, 6) is -2.77. The third-order valence-electron chi connectivity index (χ3n) is 2.81. The summed E-state index contributed by atoms with van der Waals surface area (Å²) in [5, 5.41) is 9.45. The Balaban J connectivity index is 5.57. The summed E-state index contributed by atoms with van der Waals surface area (Å²) in [5.41, 5.74) is -4.26. The van der Waals surface area contributed by atoms with E-state index in [4.69, 9.17) is 0 Å². The largest absolute Gasteiger partial charge is 0.434 e. The second-order valence-electron chi connectivity index (χ2n) is 4.38. The Morgan fingerprint density at radius 2 is 1.56 bits per heavy atom. The van der Waals surface area contributed by atoms with Crippen LogP contribution in [-0.4, -0.2) is 47.0 Å². The molecule has 0 rings (SSSR count). The molecule has 1 amide bonds. The van der Waals surface area contributed by atoms with Crippen LogP contribution in [0.15, 0.2) is 0 Å². The molecule has 18 heavy (non-hydrogen) atoms. The first-order valence-corrected chi connectivity index (χ1v) is 5.77. The zero-order valence-corrected chi connectivity index (χ0v) is 10.9. The molecule has 0 saturated heterocycles. The van der Waals surface area contributed by atoms with E-state index in [1.165, 1.54) is 27.7 Å². The Morgan fingerprint density at radius 1 is 1.17 bits per heavy atom. The van der Waals surface area contributed by atoms with Gasteiger partial charge < -0.3 is 10.0 Å². The van der Waals surface area contributed by atoms with Gasteiger partial charge in [0, 0.05) is 13.1 Å². The van der Waals surface area contributed by atoms with Gasteiger partial charge in [-0.25, -0.2) is 4.39 Å². The fourth-order valence-electron chi connectivity index (χ4n) is 1.62. The highest BCUT2D eigenvalue weighted by Crippen LogP contribution is 2.40. The molecule has 0 saturated carbocycles. The molecule has 0 aliphatic carbocycles. The number of rotatable bonds is 5. The summed E-state index contributed by atoms with van der Waals surface area (Å²) in [6.07, 6.45) is -7.87. The third-order valence-corrected chi connectivity index (χ3v) is 2.81. The van der Waals surface area contributed by atoms with Crippen molar-refractivity contribution in [1.82, 2.24) is 4.90 Å². The van der Waals surface area contributed by atoms with Gasteiger partial charge >= 0.3 is 11.8 Å². The van der Waals surface area contributed by atoms with Gasteiger partial charge in [-0.1, -0.05) is 13.8 Å². The van der Waals surface area contributed by atoms with Crippen LogP contribution in [-0.2, 0) is 4.79 Å². The average molecular weight is 273 g/mol. The first-order valence-electron chi connectivity index (χ1n) is 5.77. The molecule has 0 radical (unpaired) electrons. The van der Waals surface area contributed by atoms with Crippen LogP contribution in [0.1, 0.15) is 27.7 Å². The van der Waals surface area contributed by atoms with Crippen molar-refractivity contribution in [3.63, 3.8) is 0 Å². The lowest BCUT2D eigenvalue weighted by Crippen LogP contribution is -2.62. The number of alkyl halides is 4. The minimum Gasteiger partial charge on any atom is -0.389 e. The van der Waals surface area contributed by atoms with Gasteiger partial charge in [-0.05, 0) is 19.8 Å². The van der Waals surface area contributed by atoms with Crippen LogP contribution in [0, 0.1) is 5.92 Å². The highest BCUT2D eigenvalue weighted by atomic mass is 19.4. The van der Waals surface area contributed by atoms with E-state index >= 15 is 0 Å². The van der Waals surface area contributed by atoms with E-state index < -0.39 is 29.8 Å². The molecule has 0 aliphatic heterocycles. The van der Waals surface area contributed by atoms with E-state index in [0.29, 0.717) is 0 Å². The van der Waals surface area contributed by atoms with Gasteiger partial charge in [0.15, 0.2) is 0 Å². The molecule has 0 aromatic heterocycles. The normalized spacial score (nSPS) is 17.4. The maximum atomic E-state index is 14.2. The van der Waals surface area contributed by atoms with Gasteiger partial charge in [0.1, 0.15) is 6.10 Å². The average Bonchev–Trinajstić information content (AvgIpc) is 2.26. The highest BCUT2D eigenvalue weighted by Gasteiger charge is 2.67. The quantitative estimate of drug-likeness (QED) is 0.780. The molecule has 0 spiro atoms. The maximum Gasteiger partial charge on any atom is 0.434 e. The molecule has 0 aliphatic rings. The monoisotopic (exact) mass is 273 g/mol. The fraction of sp³-hybridized carbons (Fsp3) is 0.909. The molecule has 0 fully saturated rings. The number of nitrogens with zero attached hydrogens (tertiary/aromatic N) is 1. The second-order valence-corrected chi connectivity index (χ2v) is 4.38. The van der Waals surface area contributed by atoms with Gasteiger partial charge in [-0.3, -0.25) is 4.79 Å². The van der Waals surface area contributed by atoms with Crippen molar-refractivity contribution in [2.75, 3.05) is 13.1 Å². The zero-order valence-electron chi connectivity index (χ0n) is 10.9. The number of aliphatic hydroxyl groups is 1. The summed E-state index contributed by atoms with van der Waals surface area (Å²) in [7, 11) is 0. The van der Waals surface area contributed by atoms with E-state index in [1.807, 2.05) is 0 Å². The SMILES string of the molecule is CCN(CC)C(=O)[C@](F)([C@H](O)C(C)C)C(F)(F)F. The van der Waals surface area contributed by atoms with Crippen LogP contribution in [0.25, 0.3) is 0 Å². The minimum atomic E-state index is -5.45. The number of carbonyl (C=O) groups is 1. The third kappa shape index (κ3) is 2.93. The number of halogens is 4. The van der Waals surface area contributed by atoms with Gasteiger partial charge in [-0.15, -0.1) is 0 Å². The molecule has 0 unspecified atom stereocenters. The minimum absolute atomic E-state index is 0.0537. The molecule has 108 valence electrons. The molecular formula is C11H19F4NO2. The number of aliphatic hydroxyl groups excluding tert-OH is 1. The molecule has 0 bridgehead atoms. The highest BCUT2D eigenvalue weighted by molar-refractivity contribution is 5.87. The number of carbonyl (C=O) groups excluding carboxylic acids is 1. The Morgan fingerprint density at radius 3 is 1.78 bits per heavy atom. The molecule has 0 aromatic carbocycles. The van der Waals surface area contributed by atoms with Crippen LogP contribution in [0.3, 0.4) is 0 Å². The van der Waals surface area contributed by atoms with Gasteiger partial charge in [0.2, 0.25) is 0 Å². The molecule has 3 nitrogen and oxygen atoms in total. The van der Waals surface area contributed by atoms with Crippen molar-refractivity contribution in [2.24, 2.45) is 5.92 Å². The Bertz CT molecular complexity index is 289. The molecule has 1 N–H and O–H groups in total. The number of hydrogen-bond acceptors (Lipinski definition) is 2. The lowest BCUT2D eigenvalue weighted by molar-refractivity contribution is -0.261. The van der Waals surface area contributed by atoms with E-state index in [9.17, 15) is 27.5 Å². The molecule has 0 heterocycles. The summed E-state index contributed by atoms with van der Waals surface area (Å²) < 4.78 is 52.6. The van der Waals surface area contributed by atoms with Crippen molar-refractivity contribution in [3.05, 3.63) is 0 Å². The molecule has 0 aromatic rings. The smallest absolute Gasteiger partial charge is 0.389 e. The molecule has 2 atom stereocenters. The van der Waals surface area contributed by atoms with Gasteiger partial charge in [0.05, 0.1) is 0 Å². The van der Waals surface area contributed by atoms with E-state index in [2.05, 4.69) is 0 Å². The van der Waals surface area contributed by atoms with Crippen LogP contribution in [0.2, 0.25) is 0 Å². The standard InChI is InChI=1S/C11H19F4NO2/c1-5-16(6-2)9(18)10(12,11(13,14)15)8(17)7(3)4/h7-8,17H,5-6H2,1-4H3/t8-,10-/m1/s1. The van der Waals surface area contributed by atoms with Crippen LogP contribution >= 0.6 is 0 Å². The summed E-state index contributed by atoms with van der Waals surface area (Å²) in [6, 6.07) is 0. The summed E-state index contributed by atoms with van der Waals surface area (Å²) in [4.78, 5) is 12.4. The van der Waals surface area contributed by atoms with Gasteiger partial charge in [-0.2, -0.15) is 13.2 Å². The van der Waals surface area contributed by atoms with E-state index in [-0.39, 0.29) is 13.1 Å². The maximum absolute atomic E-state index is 14.2. The lowest BCUT2D eigenvalue weighted by Gasteiger charge is -2.36. The Kier molecular flexibility index (Phi) is 5.58. The fourth-order valence-corrected chi connectivity index (χ4v) is 1.62. The topological polar surface area (TPSA) is 40.5 Å². The van der Waals surface area contributed by atoms with E-state index in [0.717, 1.165) is 4.90 Å². The van der Waals surface area contributed by atoms with Crippen LogP contribution in [0.4, 0.5) is 17.6 Å². The lowest BCUT2D eigenvalue weighted by atomic mass is 9.88. The van der Waals surface area contributed by atoms with Crippen molar-refractivity contribution in [1.29, 1.82) is 0 Å². The van der Waals surface area contributed by atoms with Gasteiger partial charge in [0.25, 0.3) is 5.91 Å². The first kappa shape index (κ1) is 17.2. The van der Waals surface area contributed by atoms with Crippen LogP contribution in [0.5, 0.6) is 0 Å². The van der Waals surface area contributed by atoms with Crippen LogP contribution < -0.4 is 0 Å². The van der Waals surface area contributed by atoms with Crippen molar-refractivity contribution >= 4 is 5.91 Å². The Labute approximate surface area is 104 Å². The predicted octanol–water partition coefficient (Wildman–Crippen LogP) is 2.14. The number of hydrogen-bond donors (Lipinski definition) is 1. The van der Waals surface area contributed by atoms with Crippen molar-refractivity contribution in [3.8, 4) is 0 Å². The summed E-state index contributed by atoms with van der Waals surface area (Å²) >= 11 is 0. The second kappa shape index (κ2) is 5.86. The molecular weight excluding hydrogens is 254 g/mol. The Hall–Kier alpha value is -0.850. The number of amides is 1. The zero-order chi connectivity index (χ0) is 14.7. The first-order chi connectivity index (χ1) is 8.03. The summed E-state index contributed by atoms with van der Waals surface area (Å²) in [6.45, 7) is 5.23. The van der Waals surface area contributed by atoms with Crippen molar-refractivity contribution < 1.29 is 27.5 Å². The van der Waals surface area contributed by atoms with Crippen molar-refractivity contribution in [2.45, 2.75) is 45.6 Å². The molecule has 7 heteroatoms. The predicted molar refractivity (Wildman–Crippen MR) is 58.7 cm³/mol. The van der Waals surface area contributed by atoms with E-state index in [1.54, 1.807) is 0 Å².